The average Bonchev–Trinajstić information content (AvgIpc) is 3.21. The third-order valence-corrected chi connectivity index (χ3v) is 5.17. The molecule has 0 saturated heterocycles. The number of hydrogen-bond donors (Lipinski definition) is 0. The summed E-state index contributed by atoms with van der Waals surface area (Å²) >= 11 is 0. The molecule has 7 heteroatoms. The van der Waals surface area contributed by atoms with Gasteiger partial charge in [0.05, 0.1) is 17.4 Å². The van der Waals surface area contributed by atoms with E-state index in [-0.39, 0.29) is 29.9 Å². The van der Waals surface area contributed by atoms with E-state index < -0.39 is 0 Å². The smallest absolute Gasteiger partial charge is 0.268 e. The molecule has 1 aliphatic rings. The van der Waals surface area contributed by atoms with E-state index in [4.69, 9.17) is 9.47 Å². The van der Waals surface area contributed by atoms with Crippen LogP contribution >= 0.6 is 0 Å². The van der Waals surface area contributed by atoms with Crippen molar-refractivity contribution in [2.75, 3.05) is 13.8 Å². The van der Waals surface area contributed by atoms with Gasteiger partial charge in [-0.05, 0) is 49.7 Å². The van der Waals surface area contributed by atoms with Gasteiger partial charge in [0, 0.05) is 25.5 Å². The molecule has 2 aromatic heterocycles. The lowest BCUT2D eigenvalue weighted by Crippen LogP contribution is -2.36. The number of ether oxygens (including phenoxy) is 2. The Labute approximate surface area is 168 Å². The molecule has 1 amide bonds. The quantitative estimate of drug-likeness (QED) is 0.683. The zero-order valence-electron chi connectivity index (χ0n) is 16.5. The van der Waals surface area contributed by atoms with Crippen LogP contribution in [0.2, 0.25) is 0 Å². The molecule has 4 rings (SSSR count). The third kappa shape index (κ3) is 3.35. The van der Waals surface area contributed by atoms with Crippen LogP contribution in [0.15, 0.2) is 59.7 Å². The summed E-state index contributed by atoms with van der Waals surface area (Å²) in [7, 11) is 1.68. The summed E-state index contributed by atoms with van der Waals surface area (Å²) in [5, 5.41) is 0. The van der Waals surface area contributed by atoms with Gasteiger partial charge in [0.1, 0.15) is 5.56 Å². The molecule has 1 atom stereocenters. The molecule has 0 bridgehead atoms. The van der Waals surface area contributed by atoms with Crippen LogP contribution in [0.3, 0.4) is 0 Å². The van der Waals surface area contributed by atoms with E-state index >= 15 is 0 Å². The van der Waals surface area contributed by atoms with E-state index in [2.05, 4.69) is 4.98 Å². The molecule has 3 heterocycles. The van der Waals surface area contributed by atoms with Gasteiger partial charge < -0.3 is 14.4 Å². The molecule has 3 aromatic rings. The minimum Gasteiger partial charge on any atom is -0.454 e. The molecule has 0 aliphatic carbocycles. The van der Waals surface area contributed by atoms with Crippen molar-refractivity contribution < 1.29 is 14.3 Å². The Morgan fingerprint density at radius 1 is 1.17 bits per heavy atom. The molecule has 0 spiro atoms. The molecular formula is C22H21N3O4. The van der Waals surface area contributed by atoms with Crippen LogP contribution in [0.5, 0.6) is 11.5 Å². The first kappa shape index (κ1) is 18.7. The van der Waals surface area contributed by atoms with E-state index in [9.17, 15) is 9.59 Å². The van der Waals surface area contributed by atoms with Gasteiger partial charge in [-0.15, -0.1) is 0 Å². The summed E-state index contributed by atoms with van der Waals surface area (Å²) in [6, 6.07) is 12.3. The predicted molar refractivity (Wildman–Crippen MR) is 108 cm³/mol. The predicted octanol–water partition coefficient (Wildman–Crippen LogP) is 3.10. The number of fused-ring (bicyclic) bond motifs is 1. The van der Waals surface area contributed by atoms with E-state index in [0.717, 1.165) is 5.69 Å². The lowest BCUT2D eigenvalue weighted by molar-refractivity contribution is 0.0737. The van der Waals surface area contributed by atoms with Crippen LogP contribution in [0.4, 0.5) is 0 Å². The maximum absolute atomic E-state index is 13.2. The first-order valence-corrected chi connectivity index (χ1v) is 9.27. The van der Waals surface area contributed by atoms with Crippen molar-refractivity contribution in [3.05, 3.63) is 82.0 Å². The SMILES string of the molecule is Cc1ccn(-c2ccc3c(c2)OCO3)c(=O)c1C(=O)N(C)C(C)c1ccccn1. The van der Waals surface area contributed by atoms with Crippen LogP contribution in [0.1, 0.15) is 34.6 Å². The van der Waals surface area contributed by atoms with Crippen molar-refractivity contribution in [2.45, 2.75) is 19.9 Å². The number of hydrogen-bond acceptors (Lipinski definition) is 5. The Morgan fingerprint density at radius 3 is 2.72 bits per heavy atom. The van der Waals surface area contributed by atoms with Crippen molar-refractivity contribution in [2.24, 2.45) is 0 Å². The van der Waals surface area contributed by atoms with Crippen LogP contribution in [0, 0.1) is 6.92 Å². The molecule has 7 nitrogen and oxygen atoms in total. The fourth-order valence-corrected chi connectivity index (χ4v) is 3.30. The third-order valence-electron chi connectivity index (χ3n) is 5.17. The monoisotopic (exact) mass is 391 g/mol. The van der Waals surface area contributed by atoms with Crippen LogP contribution in [0.25, 0.3) is 5.69 Å². The van der Waals surface area contributed by atoms with Gasteiger partial charge in [-0.25, -0.2) is 0 Å². The van der Waals surface area contributed by atoms with Crippen molar-refractivity contribution in [1.29, 1.82) is 0 Å². The number of benzene rings is 1. The Bertz CT molecular complexity index is 1120. The van der Waals surface area contributed by atoms with Crippen molar-refractivity contribution in [1.82, 2.24) is 14.5 Å². The van der Waals surface area contributed by atoms with Gasteiger partial charge in [-0.1, -0.05) is 6.07 Å². The highest BCUT2D eigenvalue weighted by Crippen LogP contribution is 2.33. The lowest BCUT2D eigenvalue weighted by Gasteiger charge is -2.25. The summed E-state index contributed by atoms with van der Waals surface area (Å²) in [4.78, 5) is 32.3. The van der Waals surface area contributed by atoms with Gasteiger partial charge in [-0.3, -0.25) is 19.1 Å². The number of aromatic nitrogens is 2. The topological polar surface area (TPSA) is 73.7 Å². The average molecular weight is 391 g/mol. The molecule has 0 fully saturated rings. The Balaban J connectivity index is 1.72. The molecule has 29 heavy (non-hydrogen) atoms. The van der Waals surface area contributed by atoms with E-state index in [1.807, 2.05) is 25.1 Å². The molecule has 0 N–H and O–H groups in total. The van der Waals surface area contributed by atoms with Crippen LogP contribution < -0.4 is 15.0 Å². The highest BCUT2D eigenvalue weighted by atomic mass is 16.7. The highest BCUT2D eigenvalue weighted by Gasteiger charge is 2.25. The maximum atomic E-state index is 13.2. The second-order valence-corrected chi connectivity index (χ2v) is 6.93. The van der Waals surface area contributed by atoms with Crippen LogP contribution in [-0.2, 0) is 0 Å². The molecule has 1 unspecified atom stereocenters. The first-order valence-electron chi connectivity index (χ1n) is 9.27. The van der Waals surface area contributed by atoms with E-state index in [1.165, 1.54) is 9.47 Å². The summed E-state index contributed by atoms with van der Waals surface area (Å²) in [5.41, 5.74) is 1.74. The zero-order valence-corrected chi connectivity index (χ0v) is 16.5. The second-order valence-electron chi connectivity index (χ2n) is 6.93. The summed E-state index contributed by atoms with van der Waals surface area (Å²) in [5.74, 6) is 0.860. The molecular weight excluding hydrogens is 370 g/mol. The largest absolute Gasteiger partial charge is 0.454 e. The first-order chi connectivity index (χ1) is 14.0. The zero-order chi connectivity index (χ0) is 20.5. The van der Waals surface area contributed by atoms with E-state index in [1.54, 1.807) is 50.6 Å². The molecule has 1 aliphatic heterocycles. The Kier molecular flexibility index (Phi) is 4.80. The molecule has 148 valence electrons. The van der Waals surface area contributed by atoms with Crippen molar-refractivity contribution >= 4 is 5.91 Å². The van der Waals surface area contributed by atoms with Gasteiger partial charge in [0.15, 0.2) is 11.5 Å². The van der Waals surface area contributed by atoms with Crippen molar-refractivity contribution in [3.8, 4) is 17.2 Å². The Hall–Kier alpha value is -3.61. The van der Waals surface area contributed by atoms with Gasteiger partial charge in [0.2, 0.25) is 6.79 Å². The number of pyridine rings is 2. The second kappa shape index (κ2) is 7.43. The number of carbonyl (C=O) groups excluding carboxylic acids is 1. The number of carbonyl (C=O) groups is 1. The molecule has 0 saturated carbocycles. The normalized spacial score (nSPS) is 13.2. The van der Waals surface area contributed by atoms with Gasteiger partial charge in [-0.2, -0.15) is 0 Å². The minimum absolute atomic E-state index is 0.135. The minimum atomic E-state index is -0.381. The fourth-order valence-electron chi connectivity index (χ4n) is 3.30. The van der Waals surface area contributed by atoms with Gasteiger partial charge in [0.25, 0.3) is 11.5 Å². The molecule has 0 radical (unpaired) electrons. The van der Waals surface area contributed by atoms with E-state index in [0.29, 0.717) is 22.7 Å². The maximum Gasteiger partial charge on any atom is 0.268 e. The number of aryl methyl sites for hydroxylation is 1. The van der Waals surface area contributed by atoms with Crippen molar-refractivity contribution in [3.63, 3.8) is 0 Å². The summed E-state index contributed by atoms with van der Waals surface area (Å²) < 4.78 is 12.2. The molecule has 1 aromatic carbocycles. The van der Waals surface area contributed by atoms with Gasteiger partial charge >= 0.3 is 0 Å². The number of rotatable bonds is 4. The highest BCUT2D eigenvalue weighted by molar-refractivity contribution is 5.95. The number of amides is 1. The summed E-state index contributed by atoms with van der Waals surface area (Å²) in [6.45, 7) is 3.80. The standard InChI is InChI=1S/C22H21N3O4/c1-14-9-11-25(16-7-8-18-19(12-16)29-13-28-18)22(27)20(14)21(26)24(3)15(2)17-6-4-5-10-23-17/h4-12,15H,13H2,1-3H3. The number of nitrogens with zero attached hydrogens (tertiary/aromatic N) is 3. The fraction of sp³-hybridized carbons (Fsp3) is 0.227. The van der Waals surface area contributed by atoms with Crippen LogP contribution in [-0.4, -0.2) is 34.2 Å². The summed E-state index contributed by atoms with van der Waals surface area (Å²) in [6.07, 6.45) is 3.35. The lowest BCUT2D eigenvalue weighted by atomic mass is 10.1. The Morgan fingerprint density at radius 2 is 1.97 bits per heavy atom.